The van der Waals surface area contributed by atoms with E-state index in [2.05, 4.69) is 13.0 Å². The highest BCUT2D eigenvalue weighted by atomic mass is 16.5. The largest absolute Gasteiger partial charge is 0.379 e. The van der Waals surface area contributed by atoms with Gasteiger partial charge in [-0.25, -0.2) is 0 Å². The highest BCUT2D eigenvalue weighted by Gasteiger charge is 1.94. The summed E-state index contributed by atoms with van der Waals surface area (Å²) in [5, 5.41) is 8.65. The van der Waals surface area contributed by atoms with Gasteiger partial charge in [0.1, 0.15) is 0 Å². The molecular formula is C14H19NO2. The molecule has 17 heavy (non-hydrogen) atoms. The molecule has 3 heteroatoms. The van der Waals surface area contributed by atoms with Gasteiger partial charge in [-0.3, -0.25) is 0 Å². The molecule has 0 radical (unpaired) electrons. The summed E-state index contributed by atoms with van der Waals surface area (Å²) in [7, 11) is 0. The molecule has 0 saturated heterocycles. The maximum atomic E-state index is 8.65. The first-order chi connectivity index (χ1) is 8.36. The van der Waals surface area contributed by atoms with Crippen molar-refractivity contribution in [2.45, 2.75) is 26.4 Å². The SMILES string of the molecule is CCCCOCCOCc1ccc(C#N)cc1. The second-order valence-corrected chi connectivity index (χ2v) is 3.83. The van der Waals surface area contributed by atoms with Gasteiger partial charge in [0.2, 0.25) is 0 Å². The third-order valence-corrected chi connectivity index (χ3v) is 2.37. The summed E-state index contributed by atoms with van der Waals surface area (Å²) in [4.78, 5) is 0. The third-order valence-electron chi connectivity index (χ3n) is 2.37. The van der Waals surface area contributed by atoms with E-state index in [0.717, 1.165) is 25.0 Å². The molecule has 92 valence electrons. The lowest BCUT2D eigenvalue weighted by Gasteiger charge is -2.05. The Bertz CT molecular complexity index is 340. The van der Waals surface area contributed by atoms with Gasteiger partial charge in [0.15, 0.2) is 0 Å². The fraction of sp³-hybridized carbons (Fsp3) is 0.500. The topological polar surface area (TPSA) is 42.2 Å². The summed E-state index contributed by atoms with van der Waals surface area (Å²) in [6, 6.07) is 9.52. The molecule has 0 bridgehead atoms. The molecule has 0 N–H and O–H groups in total. The zero-order chi connectivity index (χ0) is 12.3. The van der Waals surface area contributed by atoms with Gasteiger partial charge in [-0.05, 0) is 24.1 Å². The Kier molecular flexibility index (Phi) is 7.04. The van der Waals surface area contributed by atoms with Gasteiger partial charge >= 0.3 is 0 Å². The predicted molar refractivity (Wildman–Crippen MR) is 66.5 cm³/mol. The van der Waals surface area contributed by atoms with Crippen LogP contribution in [0.2, 0.25) is 0 Å². The molecule has 0 aromatic heterocycles. The van der Waals surface area contributed by atoms with Crippen LogP contribution in [-0.4, -0.2) is 19.8 Å². The first kappa shape index (κ1) is 13.7. The second-order valence-electron chi connectivity index (χ2n) is 3.83. The normalized spacial score (nSPS) is 10.1. The average molecular weight is 233 g/mol. The molecule has 0 atom stereocenters. The maximum absolute atomic E-state index is 8.65. The van der Waals surface area contributed by atoms with Crippen LogP contribution >= 0.6 is 0 Å². The highest BCUT2D eigenvalue weighted by Crippen LogP contribution is 2.04. The fourth-order valence-electron chi connectivity index (χ4n) is 1.33. The van der Waals surface area contributed by atoms with Gasteiger partial charge in [0.05, 0.1) is 31.5 Å². The summed E-state index contributed by atoms with van der Waals surface area (Å²) in [5.41, 5.74) is 1.76. The van der Waals surface area contributed by atoms with Crippen LogP contribution in [0.25, 0.3) is 0 Å². The third kappa shape index (κ3) is 6.06. The summed E-state index contributed by atoms with van der Waals surface area (Å²) < 4.78 is 10.8. The van der Waals surface area contributed by atoms with Crippen molar-refractivity contribution in [3.05, 3.63) is 35.4 Å². The number of benzene rings is 1. The second kappa shape index (κ2) is 8.74. The Morgan fingerprint density at radius 2 is 1.76 bits per heavy atom. The molecular weight excluding hydrogens is 214 g/mol. The van der Waals surface area contributed by atoms with Crippen LogP contribution < -0.4 is 0 Å². The van der Waals surface area contributed by atoms with Crippen LogP contribution in [0.5, 0.6) is 0 Å². The summed E-state index contributed by atoms with van der Waals surface area (Å²) >= 11 is 0. The van der Waals surface area contributed by atoms with E-state index in [4.69, 9.17) is 14.7 Å². The molecule has 0 heterocycles. The molecule has 0 aliphatic carbocycles. The van der Waals surface area contributed by atoms with Crippen molar-refractivity contribution in [1.82, 2.24) is 0 Å². The van der Waals surface area contributed by atoms with E-state index in [1.165, 1.54) is 0 Å². The molecule has 1 aromatic carbocycles. The van der Waals surface area contributed by atoms with E-state index in [0.29, 0.717) is 25.4 Å². The van der Waals surface area contributed by atoms with Crippen molar-refractivity contribution < 1.29 is 9.47 Å². The van der Waals surface area contributed by atoms with E-state index >= 15 is 0 Å². The molecule has 0 spiro atoms. The molecule has 1 rings (SSSR count). The van der Waals surface area contributed by atoms with Gasteiger partial charge in [-0.1, -0.05) is 25.5 Å². The van der Waals surface area contributed by atoms with E-state index in [9.17, 15) is 0 Å². The standard InChI is InChI=1S/C14H19NO2/c1-2-3-8-16-9-10-17-12-14-6-4-13(11-15)5-7-14/h4-7H,2-3,8-10,12H2,1H3. The van der Waals surface area contributed by atoms with Crippen LogP contribution in [-0.2, 0) is 16.1 Å². The fourth-order valence-corrected chi connectivity index (χ4v) is 1.33. The number of unbranched alkanes of at least 4 members (excludes halogenated alkanes) is 1. The van der Waals surface area contributed by atoms with Gasteiger partial charge in [-0.2, -0.15) is 5.26 Å². The average Bonchev–Trinajstić information content (AvgIpc) is 2.38. The molecule has 0 unspecified atom stereocenters. The minimum atomic E-state index is 0.572. The summed E-state index contributed by atoms with van der Waals surface area (Å²) in [6.45, 7) is 4.80. The maximum Gasteiger partial charge on any atom is 0.0991 e. The Hall–Kier alpha value is -1.37. The van der Waals surface area contributed by atoms with E-state index in [-0.39, 0.29) is 0 Å². The minimum Gasteiger partial charge on any atom is -0.379 e. The Labute approximate surface area is 103 Å². The lowest BCUT2D eigenvalue weighted by molar-refractivity contribution is 0.0397. The van der Waals surface area contributed by atoms with Crippen molar-refractivity contribution in [3.63, 3.8) is 0 Å². The van der Waals surface area contributed by atoms with Crippen molar-refractivity contribution in [2.75, 3.05) is 19.8 Å². The zero-order valence-electron chi connectivity index (χ0n) is 10.3. The molecule has 1 aromatic rings. The van der Waals surface area contributed by atoms with Gasteiger partial charge < -0.3 is 9.47 Å². The van der Waals surface area contributed by atoms with Crippen molar-refractivity contribution in [2.24, 2.45) is 0 Å². The van der Waals surface area contributed by atoms with Crippen molar-refractivity contribution >= 4 is 0 Å². The number of hydrogen-bond acceptors (Lipinski definition) is 3. The molecule has 0 aliphatic heterocycles. The van der Waals surface area contributed by atoms with Gasteiger partial charge in [0.25, 0.3) is 0 Å². The molecule has 0 amide bonds. The Morgan fingerprint density at radius 3 is 2.41 bits per heavy atom. The Balaban J connectivity index is 2.08. The van der Waals surface area contributed by atoms with E-state index < -0.39 is 0 Å². The van der Waals surface area contributed by atoms with E-state index in [1.807, 2.05) is 12.1 Å². The molecule has 0 fully saturated rings. The number of hydrogen-bond donors (Lipinski definition) is 0. The van der Waals surface area contributed by atoms with Crippen LogP contribution in [0.3, 0.4) is 0 Å². The monoisotopic (exact) mass is 233 g/mol. The highest BCUT2D eigenvalue weighted by molar-refractivity contribution is 5.31. The molecule has 0 saturated carbocycles. The van der Waals surface area contributed by atoms with Crippen LogP contribution in [0.1, 0.15) is 30.9 Å². The van der Waals surface area contributed by atoms with E-state index in [1.54, 1.807) is 12.1 Å². The first-order valence-corrected chi connectivity index (χ1v) is 6.01. The number of nitriles is 1. The minimum absolute atomic E-state index is 0.572. The first-order valence-electron chi connectivity index (χ1n) is 6.01. The smallest absolute Gasteiger partial charge is 0.0991 e. The zero-order valence-corrected chi connectivity index (χ0v) is 10.3. The van der Waals surface area contributed by atoms with Crippen LogP contribution in [0.4, 0.5) is 0 Å². The van der Waals surface area contributed by atoms with Gasteiger partial charge in [-0.15, -0.1) is 0 Å². The lowest BCUT2D eigenvalue weighted by atomic mass is 10.2. The summed E-state index contributed by atoms with van der Waals surface area (Å²) in [6.07, 6.45) is 2.27. The van der Waals surface area contributed by atoms with Crippen molar-refractivity contribution in [1.29, 1.82) is 5.26 Å². The predicted octanol–water partition coefficient (Wildman–Crippen LogP) is 2.89. The summed E-state index contributed by atoms with van der Waals surface area (Å²) in [5.74, 6) is 0. The molecule has 3 nitrogen and oxygen atoms in total. The Morgan fingerprint density at radius 1 is 1.06 bits per heavy atom. The number of nitrogens with zero attached hydrogens (tertiary/aromatic N) is 1. The molecule has 0 aliphatic rings. The van der Waals surface area contributed by atoms with Crippen LogP contribution in [0, 0.1) is 11.3 Å². The quantitative estimate of drug-likeness (QED) is 0.648. The lowest BCUT2D eigenvalue weighted by Crippen LogP contribution is -2.05. The van der Waals surface area contributed by atoms with Gasteiger partial charge in [0, 0.05) is 6.61 Å². The number of rotatable bonds is 8. The van der Waals surface area contributed by atoms with Crippen molar-refractivity contribution in [3.8, 4) is 6.07 Å². The number of ether oxygens (including phenoxy) is 2. The van der Waals surface area contributed by atoms with Crippen LogP contribution in [0.15, 0.2) is 24.3 Å².